The molecule has 4 fully saturated rings. The Hall–Kier alpha value is -0.120. The third-order valence-electron chi connectivity index (χ3n) is 10.5. The summed E-state index contributed by atoms with van der Waals surface area (Å²) in [6.07, 6.45) is 14.9. The van der Waals surface area contributed by atoms with Crippen LogP contribution in [0.1, 0.15) is 85.0 Å². The Morgan fingerprint density at radius 1 is 0.964 bits per heavy atom. The van der Waals surface area contributed by atoms with Crippen molar-refractivity contribution in [3.05, 3.63) is 0 Å². The zero-order valence-corrected chi connectivity index (χ0v) is 19.1. The lowest BCUT2D eigenvalue weighted by atomic mass is 9.44. The Morgan fingerprint density at radius 2 is 1.75 bits per heavy atom. The van der Waals surface area contributed by atoms with E-state index in [1.54, 1.807) is 0 Å². The van der Waals surface area contributed by atoms with Gasteiger partial charge in [0.05, 0.1) is 6.73 Å². The molecule has 0 saturated heterocycles. The smallest absolute Gasteiger partial charge is 0.0954 e. The van der Waals surface area contributed by atoms with Gasteiger partial charge in [0, 0.05) is 19.1 Å². The summed E-state index contributed by atoms with van der Waals surface area (Å²) in [5, 5.41) is 13.0. The van der Waals surface area contributed by atoms with Gasteiger partial charge < -0.3 is 10.4 Å². The fourth-order valence-corrected chi connectivity index (χ4v) is 8.85. The van der Waals surface area contributed by atoms with E-state index in [4.69, 9.17) is 0 Å². The number of nitrogens with one attached hydrogen (secondary N) is 1. The highest BCUT2D eigenvalue weighted by atomic mass is 16.3. The van der Waals surface area contributed by atoms with E-state index in [2.05, 4.69) is 26.1 Å². The lowest BCUT2D eigenvalue weighted by molar-refractivity contribution is -0.112. The SMILES string of the molecule is C[C@H](NCCN(C)CO)[C@H]1CC[C@H]2[C@@H]3CCC4CCCC[C@]4(C)[C@H]3CC[C@]12C. The molecule has 0 radical (unpaired) electrons. The van der Waals surface area contributed by atoms with Crippen LogP contribution in [0.4, 0.5) is 0 Å². The maximum Gasteiger partial charge on any atom is 0.0954 e. The van der Waals surface area contributed by atoms with Crippen molar-refractivity contribution in [3.63, 3.8) is 0 Å². The number of fused-ring (bicyclic) bond motifs is 5. The highest BCUT2D eigenvalue weighted by Gasteiger charge is 2.60. The van der Waals surface area contributed by atoms with E-state index < -0.39 is 0 Å². The minimum atomic E-state index is 0.155. The molecule has 0 aromatic rings. The lowest BCUT2D eigenvalue weighted by Crippen LogP contribution is -2.54. The molecule has 4 aliphatic rings. The van der Waals surface area contributed by atoms with Gasteiger partial charge in [-0.2, -0.15) is 0 Å². The summed E-state index contributed by atoms with van der Waals surface area (Å²) in [7, 11) is 1.99. The molecule has 4 saturated carbocycles. The molecule has 0 aromatic heterocycles. The maximum absolute atomic E-state index is 9.22. The molecule has 4 aliphatic carbocycles. The second kappa shape index (κ2) is 8.19. The Bertz CT molecular complexity index is 539. The van der Waals surface area contributed by atoms with Gasteiger partial charge in [0.1, 0.15) is 0 Å². The second-order valence-corrected chi connectivity index (χ2v) is 11.6. The van der Waals surface area contributed by atoms with Crippen LogP contribution in [0.2, 0.25) is 0 Å². The zero-order valence-electron chi connectivity index (χ0n) is 19.1. The number of rotatable bonds is 6. The van der Waals surface area contributed by atoms with Crippen LogP contribution < -0.4 is 5.32 Å². The summed E-state index contributed by atoms with van der Waals surface area (Å²) in [6.45, 7) is 9.87. The molecule has 0 amide bonds. The van der Waals surface area contributed by atoms with E-state index >= 15 is 0 Å². The van der Waals surface area contributed by atoms with Crippen LogP contribution in [-0.2, 0) is 0 Å². The minimum Gasteiger partial charge on any atom is -0.381 e. The van der Waals surface area contributed by atoms with Gasteiger partial charge in [0.25, 0.3) is 0 Å². The number of nitrogens with zero attached hydrogens (tertiary/aromatic N) is 1. The van der Waals surface area contributed by atoms with Crippen LogP contribution in [0, 0.1) is 40.4 Å². The molecule has 1 unspecified atom stereocenters. The van der Waals surface area contributed by atoms with Gasteiger partial charge in [0.2, 0.25) is 0 Å². The quantitative estimate of drug-likeness (QED) is 0.634. The lowest BCUT2D eigenvalue weighted by Gasteiger charge is -2.61. The molecule has 162 valence electrons. The Kier molecular flexibility index (Phi) is 6.18. The highest BCUT2D eigenvalue weighted by Crippen LogP contribution is 2.67. The molecule has 0 spiro atoms. The Labute approximate surface area is 174 Å². The average molecular weight is 391 g/mol. The standard InChI is InChI=1S/C25H46N2O/c1-18(26-15-16-27(4)17-28)21-10-11-22-20-9-8-19-7-5-6-13-24(19,2)23(20)12-14-25(21,22)3/h18-23,26,28H,5-17H2,1-4H3/t18-,19?,20-,21+,22-,23-,24-,25+/m0/s1. The molecule has 2 N–H and O–H groups in total. The summed E-state index contributed by atoms with van der Waals surface area (Å²) in [6, 6.07) is 0.597. The van der Waals surface area contributed by atoms with E-state index in [0.29, 0.717) is 16.9 Å². The van der Waals surface area contributed by atoms with Gasteiger partial charge in [-0.05, 0) is 106 Å². The Balaban J connectivity index is 1.43. The van der Waals surface area contributed by atoms with Crippen LogP contribution in [-0.4, -0.2) is 42.9 Å². The molecule has 0 heterocycles. The predicted molar refractivity (Wildman–Crippen MR) is 117 cm³/mol. The summed E-state index contributed by atoms with van der Waals surface area (Å²) in [5.74, 6) is 4.86. The molecule has 4 rings (SSSR count). The van der Waals surface area contributed by atoms with Crippen LogP contribution >= 0.6 is 0 Å². The first kappa shape index (κ1) is 21.1. The predicted octanol–water partition coefficient (Wildman–Crippen LogP) is 4.90. The average Bonchev–Trinajstić information content (AvgIpc) is 3.04. The van der Waals surface area contributed by atoms with Gasteiger partial charge in [-0.25, -0.2) is 0 Å². The van der Waals surface area contributed by atoms with E-state index in [1.165, 1.54) is 64.2 Å². The van der Waals surface area contributed by atoms with E-state index in [0.717, 1.165) is 42.7 Å². The van der Waals surface area contributed by atoms with Crippen molar-refractivity contribution >= 4 is 0 Å². The first-order valence-electron chi connectivity index (χ1n) is 12.4. The summed E-state index contributed by atoms with van der Waals surface area (Å²) in [5.41, 5.74) is 1.22. The van der Waals surface area contributed by atoms with Crippen molar-refractivity contribution in [1.29, 1.82) is 0 Å². The van der Waals surface area contributed by atoms with Gasteiger partial charge in [0.15, 0.2) is 0 Å². The van der Waals surface area contributed by atoms with Crippen LogP contribution in [0.3, 0.4) is 0 Å². The number of aliphatic hydroxyl groups is 1. The molecule has 3 heteroatoms. The molecule has 28 heavy (non-hydrogen) atoms. The zero-order chi connectivity index (χ0) is 19.9. The highest BCUT2D eigenvalue weighted by molar-refractivity contribution is 5.09. The summed E-state index contributed by atoms with van der Waals surface area (Å²) < 4.78 is 0. The molecule has 0 bridgehead atoms. The summed E-state index contributed by atoms with van der Waals surface area (Å²) >= 11 is 0. The third kappa shape index (κ3) is 3.48. The topological polar surface area (TPSA) is 35.5 Å². The van der Waals surface area contributed by atoms with Crippen LogP contribution in [0.5, 0.6) is 0 Å². The normalized spacial score (nSPS) is 46.7. The van der Waals surface area contributed by atoms with Crippen LogP contribution in [0.15, 0.2) is 0 Å². The Morgan fingerprint density at radius 3 is 2.54 bits per heavy atom. The van der Waals surface area contributed by atoms with Crippen molar-refractivity contribution in [3.8, 4) is 0 Å². The first-order chi connectivity index (χ1) is 13.4. The fraction of sp³-hybridized carbons (Fsp3) is 1.00. The number of likely N-dealkylation sites (N-methyl/N-ethyl adjacent to an activating group) is 1. The van der Waals surface area contributed by atoms with E-state index in [1.807, 2.05) is 11.9 Å². The fourth-order valence-electron chi connectivity index (χ4n) is 8.85. The molecule has 0 aliphatic heterocycles. The minimum absolute atomic E-state index is 0.155. The third-order valence-corrected chi connectivity index (χ3v) is 10.5. The monoisotopic (exact) mass is 390 g/mol. The van der Waals surface area contributed by atoms with E-state index in [-0.39, 0.29) is 6.73 Å². The second-order valence-electron chi connectivity index (χ2n) is 11.6. The first-order valence-corrected chi connectivity index (χ1v) is 12.4. The van der Waals surface area contributed by atoms with Gasteiger partial charge in [-0.1, -0.05) is 26.7 Å². The van der Waals surface area contributed by atoms with Crippen molar-refractivity contribution in [2.75, 3.05) is 26.9 Å². The van der Waals surface area contributed by atoms with E-state index in [9.17, 15) is 5.11 Å². The molecule has 8 atom stereocenters. The van der Waals surface area contributed by atoms with Crippen molar-refractivity contribution in [2.45, 2.75) is 91.0 Å². The maximum atomic E-state index is 9.22. The van der Waals surface area contributed by atoms with Gasteiger partial charge >= 0.3 is 0 Å². The summed E-state index contributed by atoms with van der Waals surface area (Å²) in [4.78, 5) is 1.98. The molecular formula is C25H46N2O. The van der Waals surface area contributed by atoms with Crippen molar-refractivity contribution in [1.82, 2.24) is 10.2 Å². The van der Waals surface area contributed by atoms with Crippen LogP contribution in [0.25, 0.3) is 0 Å². The molecular weight excluding hydrogens is 344 g/mol. The number of hydrogen-bond acceptors (Lipinski definition) is 3. The van der Waals surface area contributed by atoms with Gasteiger partial charge in [-0.15, -0.1) is 0 Å². The molecule has 0 aromatic carbocycles. The van der Waals surface area contributed by atoms with Crippen molar-refractivity contribution in [2.24, 2.45) is 40.4 Å². The number of hydrogen-bond donors (Lipinski definition) is 2. The van der Waals surface area contributed by atoms with Gasteiger partial charge in [-0.3, -0.25) is 4.90 Å². The molecule has 3 nitrogen and oxygen atoms in total. The van der Waals surface area contributed by atoms with Crippen molar-refractivity contribution < 1.29 is 5.11 Å². The number of aliphatic hydroxyl groups excluding tert-OH is 1. The largest absolute Gasteiger partial charge is 0.381 e.